The van der Waals surface area contributed by atoms with Crippen molar-refractivity contribution in [3.05, 3.63) is 64.4 Å². The zero-order valence-electron chi connectivity index (χ0n) is 12.2. The van der Waals surface area contributed by atoms with Crippen LogP contribution in [0.3, 0.4) is 0 Å². The molecule has 0 heterocycles. The van der Waals surface area contributed by atoms with Crippen molar-refractivity contribution < 1.29 is 17.6 Å². The number of amides is 2. The summed E-state index contributed by atoms with van der Waals surface area (Å²) in [6.07, 6.45) is 4.48. The molecule has 0 radical (unpaired) electrons. The second kappa shape index (κ2) is 6.26. The molecule has 24 heavy (non-hydrogen) atoms. The average molecular weight is 367 g/mol. The Bertz CT molecular complexity index is 958. The molecular weight excluding hydrogens is 355 g/mol. The minimum absolute atomic E-state index is 0.0117. The van der Waals surface area contributed by atoms with Crippen molar-refractivity contribution in [2.45, 2.75) is 11.3 Å². The van der Waals surface area contributed by atoms with Crippen LogP contribution in [0.1, 0.15) is 11.1 Å². The Morgan fingerprint density at radius 2 is 1.96 bits per heavy atom. The number of fused-ring (bicyclic) bond motifs is 1. The first-order valence-electron chi connectivity index (χ1n) is 6.93. The highest BCUT2D eigenvalue weighted by Crippen LogP contribution is 2.23. The minimum Gasteiger partial charge on any atom is -0.307 e. The van der Waals surface area contributed by atoms with Crippen LogP contribution < -0.4 is 10.0 Å². The van der Waals surface area contributed by atoms with E-state index in [4.69, 9.17) is 11.6 Å². The molecule has 2 aromatic carbocycles. The van der Waals surface area contributed by atoms with Crippen molar-refractivity contribution in [2.24, 2.45) is 0 Å². The number of sulfonamides is 1. The Labute approximate surface area is 143 Å². The molecule has 0 unspecified atom stereocenters. The lowest BCUT2D eigenvalue weighted by Crippen LogP contribution is -2.34. The van der Waals surface area contributed by atoms with Crippen LogP contribution in [0.2, 0.25) is 5.02 Å². The first-order chi connectivity index (χ1) is 11.3. The van der Waals surface area contributed by atoms with Gasteiger partial charge in [-0.3, -0.25) is 0 Å². The maximum atomic E-state index is 13.3. The number of allylic oxidation sites excluding steroid dienone is 1. The van der Waals surface area contributed by atoms with Gasteiger partial charge in [0.25, 0.3) is 10.0 Å². The van der Waals surface area contributed by atoms with E-state index in [9.17, 15) is 17.6 Å². The number of hydrogen-bond donors (Lipinski definition) is 2. The van der Waals surface area contributed by atoms with E-state index in [0.717, 1.165) is 17.2 Å². The third kappa shape index (κ3) is 3.42. The Balaban J connectivity index is 1.74. The highest BCUT2D eigenvalue weighted by atomic mass is 35.5. The number of urea groups is 1. The van der Waals surface area contributed by atoms with E-state index in [1.165, 1.54) is 24.3 Å². The van der Waals surface area contributed by atoms with E-state index in [1.54, 1.807) is 6.07 Å². The molecule has 5 nitrogen and oxygen atoms in total. The van der Waals surface area contributed by atoms with Gasteiger partial charge in [0.15, 0.2) is 0 Å². The molecule has 8 heteroatoms. The van der Waals surface area contributed by atoms with Gasteiger partial charge in [-0.05, 0) is 47.9 Å². The molecule has 2 N–H and O–H groups in total. The van der Waals surface area contributed by atoms with E-state index < -0.39 is 21.9 Å². The molecule has 0 aliphatic heterocycles. The molecular formula is C16H12ClFN2O3S. The number of anilines is 1. The number of nitrogens with one attached hydrogen (secondary N) is 2. The summed E-state index contributed by atoms with van der Waals surface area (Å²) in [4.78, 5) is 11.9. The number of halogens is 2. The van der Waals surface area contributed by atoms with E-state index in [2.05, 4.69) is 5.32 Å². The normalized spacial score (nSPS) is 12.8. The molecule has 1 aliphatic carbocycles. The lowest BCUT2D eigenvalue weighted by Gasteiger charge is -2.10. The average Bonchev–Trinajstić information content (AvgIpc) is 2.98. The molecule has 0 saturated heterocycles. The maximum Gasteiger partial charge on any atom is 0.333 e. The van der Waals surface area contributed by atoms with Crippen LogP contribution in [0.25, 0.3) is 6.08 Å². The number of rotatable bonds is 3. The van der Waals surface area contributed by atoms with Gasteiger partial charge in [-0.15, -0.1) is 0 Å². The quantitative estimate of drug-likeness (QED) is 0.872. The Morgan fingerprint density at radius 1 is 1.17 bits per heavy atom. The molecule has 124 valence electrons. The topological polar surface area (TPSA) is 75.3 Å². The number of benzene rings is 2. The largest absolute Gasteiger partial charge is 0.333 e. The van der Waals surface area contributed by atoms with Crippen LogP contribution in [0, 0.1) is 5.82 Å². The van der Waals surface area contributed by atoms with Crippen molar-refractivity contribution in [1.29, 1.82) is 0 Å². The SMILES string of the molecule is O=C(Nc1ccc(Cl)c(F)c1)NS(=O)(=O)c1ccc2c(c1)CC=C2. The second-order valence-corrected chi connectivity index (χ2v) is 7.25. The predicted molar refractivity (Wildman–Crippen MR) is 89.9 cm³/mol. The summed E-state index contributed by atoms with van der Waals surface area (Å²) < 4.78 is 39.8. The van der Waals surface area contributed by atoms with Crippen molar-refractivity contribution in [3.63, 3.8) is 0 Å². The van der Waals surface area contributed by atoms with Crippen LogP contribution in [-0.4, -0.2) is 14.4 Å². The summed E-state index contributed by atoms with van der Waals surface area (Å²) in [6, 6.07) is 7.25. The standard InChI is InChI=1S/C16H12ClFN2O3S/c17-14-7-5-12(9-15(14)18)19-16(21)20-24(22,23)13-6-4-10-2-1-3-11(10)8-13/h1-2,4-9H,3H2,(H2,19,20,21). The molecule has 0 saturated carbocycles. The van der Waals surface area contributed by atoms with Gasteiger partial charge < -0.3 is 5.32 Å². The summed E-state index contributed by atoms with van der Waals surface area (Å²) in [6.45, 7) is 0. The molecule has 0 atom stereocenters. The summed E-state index contributed by atoms with van der Waals surface area (Å²) in [7, 11) is -4.03. The number of carbonyl (C=O) groups is 1. The van der Waals surface area contributed by atoms with Crippen molar-refractivity contribution >= 4 is 39.4 Å². The van der Waals surface area contributed by atoms with E-state index in [0.29, 0.717) is 6.42 Å². The third-order valence-electron chi connectivity index (χ3n) is 3.46. The second-order valence-electron chi connectivity index (χ2n) is 5.16. The molecule has 2 amide bonds. The van der Waals surface area contributed by atoms with Crippen molar-refractivity contribution in [1.82, 2.24) is 4.72 Å². The molecule has 1 aliphatic rings. The first-order valence-corrected chi connectivity index (χ1v) is 8.79. The maximum absolute atomic E-state index is 13.3. The monoisotopic (exact) mass is 366 g/mol. The Kier molecular flexibility index (Phi) is 4.29. The summed E-state index contributed by atoms with van der Waals surface area (Å²) in [5.74, 6) is -0.719. The van der Waals surface area contributed by atoms with Gasteiger partial charge in [-0.25, -0.2) is 22.3 Å². The van der Waals surface area contributed by atoms with Crippen LogP contribution in [0.15, 0.2) is 47.4 Å². The molecule has 0 spiro atoms. The van der Waals surface area contributed by atoms with Gasteiger partial charge >= 0.3 is 6.03 Å². The molecule has 0 bridgehead atoms. The fraction of sp³-hybridized carbons (Fsp3) is 0.0625. The van der Waals surface area contributed by atoms with Gasteiger partial charge in [0.1, 0.15) is 5.82 Å². The summed E-state index contributed by atoms with van der Waals surface area (Å²) in [5, 5.41) is 2.15. The van der Waals surface area contributed by atoms with Gasteiger partial charge in [0, 0.05) is 5.69 Å². The third-order valence-corrected chi connectivity index (χ3v) is 5.10. The fourth-order valence-electron chi connectivity index (χ4n) is 2.31. The fourth-order valence-corrected chi connectivity index (χ4v) is 3.39. The van der Waals surface area contributed by atoms with Crippen molar-refractivity contribution in [3.8, 4) is 0 Å². The Morgan fingerprint density at radius 3 is 2.71 bits per heavy atom. The van der Waals surface area contributed by atoms with Gasteiger partial charge in [0.2, 0.25) is 0 Å². The van der Waals surface area contributed by atoms with Crippen LogP contribution >= 0.6 is 11.6 Å². The highest BCUT2D eigenvalue weighted by molar-refractivity contribution is 7.90. The zero-order chi connectivity index (χ0) is 17.3. The zero-order valence-corrected chi connectivity index (χ0v) is 13.8. The van der Waals surface area contributed by atoms with E-state index in [-0.39, 0.29) is 15.6 Å². The summed E-state index contributed by atoms with van der Waals surface area (Å²) in [5.41, 5.74) is 1.91. The lowest BCUT2D eigenvalue weighted by atomic mass is 10.1. The number of carbonyl (C=O) groups excluding carboxylic acids is 1. The molecule has 0 aromatic heterocycles. The van der Waals surface area contributed by atoms with Gasteiger partial charge in [0.05, 0.1) is 9.92 Å². The smallest absolute Gasteiger partial charge is 0.307 e. The van der Waals surface area contributed by atoms with Crippen LogP contribution in [0.5, 0.6) is 0 Å². The highest BCUT2D eigenvalue weighted by Gasteiger charge is 2.19. The van der Waals surface area contributed by atoms with Crippen LogP contribution in [-0.2, 0) is 16.4 Å². The van der Waals surface area contributed by atoms with Gasteiger partial charge in [-0.1, -0.05) is 29.8 Å². The van der Waals surface area contributed by atoms with Gasteiger partial charge in [-0.2, -0.15) is 0 Å². The summed E-state index contributed by atoms with van der Waals surface area (Å²) >= 11 is 5.55. The molecule has 3 rings (SSSR count). The molecule has 0 fully saturated rings. The van der Waals surface area contributed by atoms with Crippen LogP contribution in [0.4, 0.5) is 14.9 Å². The minimum atomic E-state index is -4.03. The van der Waals surface area contributed by atoms with E-state index in [1.807, 2.05) is 16.9 Å². The lowest BCUT2D eigenvalue weighted by molar-refractivity contribution is 0.256. The first kappa shape index (κ1) is 16.5. The van der Waals surface area contributed by atoms with E-state index >= 15 is 0 Å². The number of hydrogen-bond acceptors (Lipinski definition) is 3. The predicted octanol–water partition coefficient (Wildman–Crippen LogP) is 3.56. The Hall–Kier alpha value is -2.38. The molecule has 2 aromatic rings. The van der Waals surface area contributed by atoms with Crippen molar-refractivity contribution in [2.75, 3.05) is 5.32 Å².